The van der Waals surface area contributed by atoms with Crippen molar-refractivity contribution in [2.45, 2.75) is 6.92 Å². The number of benzene rings is 1. The van der Waals surface area contributed by atoms with Crippen molar-refractivity contribution < 1.29 is 9.59 Å². The number of amides is 1. The number of pyridine rings is 1. The second-order valence-corrected chi connectivity index (χ2v) is 4.71. The van der Waals surface area contributed by atoms with Crippen LogP contribution < -0.4 is 5.32 Å². The van der Waals surface area contributed by atoms with E-state index in [1.54, 1.807) is 48.7 Å². The molecule has 0 saturated heterocycles. The molecular weight excluding hydrogens is 288 g/mol. The van der Waals surface area contributed by atoms with E-state index in [-0.39, 0.29) is 11.4 Å². The normalized spacial score (nSPS) is 11.0. The van der Waals surface area contributed by atoms with Crippen LogP contribution in [0.3, 0.4) is 0 Å². The summed E-state index contributed by atoms with van der Waals surface area (Å²) in [7, 11) is 0. The van der Waals surface area contributed by atoms with Gasteiger partial charge in [-0.05, 0) is 36.8 Å². The Labute approximate surface area is 127 Å². The lowest BCUT2D eigenvalue weighted by Gasteiger charge is -2.06. The summed E-state index contributed by atoms with van der Waals surface area (Å²) in [5, 5.41) is 3.05. The molecule has 0 bridgehead atoms. The molecule has 0 spiro atoms. The van der Waals surface area contributed by atoms with Crippen molar-refractivity contribution >= 4 is 35.2 Å². The van der Waals surface area contributed by atoms with Crippen LogP contribution in [-0.4, -0.2) is 16.7 Å². The van der Waals surface area contributed by atoms with Crippen molar-refractivity contribution in [2.75, 3.05) is 5.32 Å². The summed E-state index contributed by atoms with van der Waals surface area (Å²) in [5.41, 5.74) is 0.634. The van der Waals surface area contributed by atoms with Crippen LogP contribution in [-0.2, 0) is 9.59 Å². The van der Waals surface area contributed by atoms with Crippen molar-refractivity contribution in [3.8, 4) is 0 Å². The van der Waals surface area contributed by atoms with Crippen LogP contribution in [0.15, 0.2) is 54.2 Å². The number of aromatic nitrogens is 1. The van der Waals surface area contributed by atoms with E-state index in [9.17, 15) is 9.59 Å². The first-order valence-electron chi connectivity index (χ1n) is 6.27. The van der Waals surface area contributed by atoms with Gasteiger partial charge < -0.3 is 5.32 Å². The van der Waals surface area contributed by atoms with Gasteiger partial charge in [0.2, 0.25) is 0 Å². The summed E-state index contributed by atoms with van der Waals surface area (Å²) in [6, 6.07) is 12.1. The molecule has 21 heavy (non-hydrogen) atoms. The van der Waals surface area contributed by atoms with Gasteiger partial charge in [0, 0.05) is 11.2 Å². The Balaban J connectivity index is 2.29. The number of halogens is 1. The highest BCUT2D eigenvalue weighted by Crippen LogP contribution is 2.19. The maximum Gasteiger partial charge on any atom is 0.260 e. The van der Waals surface area contributed by atoms with Gasteiger partial charge in [-0.15, -0.1) is 0 Å². The van der Waals surface area contributed by atoms with Gasteiger partial charge in [-0.3, -0.25) is 9.59 Å². The van der Waals surface area contributed by atoms with Gasteiger partial charge in [-0.2, -0.15) is 0 Å². The van der Waals surface area contributed by atoms with Crippen LogP contribution in [0.4, 0.5) is 5.82 Å². The minimum Gasteiger partial charge on any atom is -0.306 e. The summed E-state index contributed by atoms with van der Waals surface area (Å²) in [6.45, 7) is 1.33. The molecule has 1 aromatic heterocycles. The molecule has 0 aliphatic rings. The summed E-state index contributed by atoms with van der Waals surface area (Å²) < 4.78 is 0. The molecule has 0 unspecified atom stereocenters. The Morgan fingerprint density at radius 2 is 1.86 bits per heavy atom. The fraction of sp³-hybridized carbons (Fsp3) is 0.0625. The maximum absolute atomic E-state index is 12.2. The number of nitrogens with zero attached hydrogens (tertiary/aromatic N) is 1. The zero-order valence-corrected chi connectivity index (χ0v) is 12.1. The highest BCUT2D eigenvalue weighted by atomic mass is 35.5. The molecule has 0 aliphatic heterocycles. The minimum atomic E-state index is -0.513. The van der Waals surface area contributed by atoms with Crippen LogP contribution in [0, 0.1) is 0 Å². The zero-order chi connectivity index (χ0) is 15.2. The average Bonchev–Trinajstić information content (AvgIpc) is 2.47. The summed E-state index contributed by atoms with van der Waals surface area (Å²) >= 11 is 6.04. The highest BCUT2D eigenvalue weighted by molar-refractivity contribution is 6.33. The molecule has 106 valence electrons. The molecule has 1 aromatic carbocycles. The monoisotopic (exact) mass is 300 g/mol. The third kappa shape index (κ3) is 4.00. The molecule has 5 heteroatoms. The molecule has 0 saturated carbocycles. The number of anilines is 1. The molecule has 1 heterocycles. The fourth-order valence-electron chi connectivity index (χ4n) is 1.70. The highest BCUT2D eigenvalue weighted by Gasteiger charge is 2.15. The van der Waals surface area contributed by atoms with Crippen LogP contribution in [0.5, 0.6) is 0 Å². The first-order chi connectivity index (χ1) is 10.1. The van der Waals surface area contributed by atoms with E-state index in [1.807, 2.05) is 0 Å². The predicted molar refractivity (Wildman–Crippen MR) is 83.0 cm³/mol. The number of carbonyl (C=O) groups excluding carboxylic acids is 2. The number of carbonyl (C=O) groups is 2. The molecule has 4 nitrogen and oxygen atoms in total. The second kappa shape index (κ2) is 6.81. The smallest absolute Gasteiger partial charge is 0.260 e. The first-order valence-corrected chi connectivity index (χ1v) is 6.65. The Kier molecular flexibility index (Phi) is 4.85. The lowest BCUT2D eigenvalue weighted by Crippen LogP contribution is -2.19. The van der Waals surface area contributed by atoms with Crippen molar-refractivity contribution in [2.24, 2.45) is 0 Å². The van der Waals surface area contributed by atoms with E-state index >= 15 is 0 Å². The summed E-state index contributed by atoms with van der Waals surface area (Å²) in [5.74, 6) is -0.474. The average molecular weight is 301 g/mol. The van der Waals surface area contributed by atoms with Crippen LogP contribution in [0.25, 0.3) is 6.08 Å². The van der Waals surface area contributed by atoms with Crippen LogP contribution in [0.2, 0.25) is 5.02 Å². The standard InChI is InChI=1S/C16H13ClN2O2/c1-11(20)13(10-12-6-2-3-7-14(12)17)16(21)19-15-8-4-5-9-18-15/h2-10H,1H3,(H,18,19,21)/b13-10+. The van der Waals surface area contributed by atoms with Crippen molar-refractivity contribution in [3.05, 3.63) is 64.8 Å². The van der Waals surface area contributed by atoms with E-state index in [4.69, 9.17) is 11.6 Å². The number of rotatable bonds is 4. The zero-order valence-electron chi connectivity index (χ0n) is 11.3. The van der Waals surface area contributed by atoms with Crippen molar-refractivity contribution in [1.82, 2.24) is 4.98 Å². The summed E-state index contributed by atoms with van der Waals surface area (Å²) in [6.07, 6.45) is 3.03. The van der Waals surface area contributed by atoms with Gasteiger partial charge >= 0.3 is 0 Å². The third-order valence-electron chi connectivity index (χ3n) is 2.74. The van der Waals surface area contributed by atoms with Crippen LogP contribution >= 0.6 is 11.6 Å². The van der Waals surface area contributed by atoms with E-state index in [0.29, 0.717) is 16.4 Å². The molecule has 1 amide bonds. The number of Topliss-reactive ketones (excluding diaryl/α,β-unsaturated/α-hetero) is 1. The largest absolute Gasteiger partial charge is 0.306 e. The van der Waals surface area contributed by atoms with E-state index in [0.717, 1.165) is 0 Å². The Morgan fingerprint density at radius 3 is 2.48 bits per heavy atom. The lowest BCUT2D eigenvalue weighted by atomic mass is 10.1. The van der Waals surface area contributed by atoms with Crippen molar-refractivity contribution in [3.63, 3.8) is 0 Å². The van der Waals surface area contributed by atoms with Crippen molar-refractivity contribution in [1.29, 1.82) is 0 Å². The van der Waals surface area contributed by atoms with E-state index < -0.39 is 5.91 Å². The van der Waals surface area contributed by atoms with Gasteiger partial charge in [0.15, 0.2) is 5.78 Å². The van der Waals surface area contributed by atoms with Gasteiger partial charge in [0.05, 0.1) is 5.57 Å². The van der Waals surface area contributed by atoms with E-state index in [1.165, 1.54) is 13.0 Å². The van der Waals surface area contributed by atoms with Crippen LogP contribution in [0.1, 0.15) is 12.5 Å². The molecule has 2 rings (SSSR count). The number of ketones is 1. The topological polar surface area (TPSA) is 59.1 Å². The van der Waals surface area contributed by atoms with Gasteiger partial charge in [0.1, 0.15) is 5.82 Å². The van der Waals surface area contributed by atoms with Gasteiger partial charge in [-0.25, -0.2) is 4.98 Å². The Bertz CT molecular complexity index is 696. The molecule has 2 aromatic rings. The first kappa shape index (κ1) is 14.9. The third-order valence-corrected chi connectivity index (χ3v) is 3.08. The molecule has 1 N–H and O–H groups in total. The Morgan fingerprint density at radius 1 is 1.14 bits per heavy atom. The quantitative estimate of drug-likeness (QED) is 0.535. The second-order valence-electron chi connectivity index (χ2n) is 4.30. The SMILES string of the molecule is CC(=O)/C(=C\c1ccccc1Cl)C(=O)Nc1ccccn1. The molecule has 0 atom stereocenters. The minimum absolute atomic E-state index is 0.0220. The number of hydrogen-bond donors (Lipinski definition) is 1. The predicted octanol–water partition coefficient (Wildman–Crippen LogP) is 3.35. The fourth-order valence-corrected chi connectivity index (χ4v) is 1.89. The van der Waals surface area contributed by atoms with Gasteiger partial charge in [-0.1, -0.05) is 35.9 Å². The molecule has 0 radical (unpaired) electrons. The lowest BCUT2D eigenvalue weighted by molar-refractivity contribution is -0.118. The molecule has 0 fully saturated rings. The number of nitrogens with one attached hydrogen (secondary N) is 1. The molecule has 0 aliphatic carbocycles. The Hall–Kier alpha value is -2.46. The maximum atomic E-state index is 12.2. The summed E-state index contributed by atoms with van der Waals surface area (Å²) in [4.78, 5) is 27.9. The number of hydrogen-bond acceptors (Lipinski definition) is 3. The molecular formula is C16H13ClN2O2. The van der Waals surface area contributed by atoms with E-state index in [2.05, 4.69) is 10.3 Å². The van der Waals surface area contributed by atoms with Gasteiger partial charge in [0.25, 0.3) is 5.91 Å².